The van der Waals surface area contributed by atoms with Gasteiger partial charge in [-0.25, -0.2) is 0 Å². The molecule has 114 valence electrons. The zero-order valence-electron chi connectivity index (χ0n) is 13.3. The number of Topliss-reactive ketones (excluding diaryl/α,β-unsaturated/α-hetero) is 1. The molecule has 0 bridgehead atoms. The van der Waals surface area contributed by atoms with Gasteiger partial charge in [0, 0.05) is 24.2 Å². The number of benzene rings is 2. The van der Waals surface area contributed by atoms with E-state index in [1.807, 2.05) is 26.0 Å². The summed E-state index contributed by atoms with van der Waals surface area (Å²) in [5.41, 5.74) is 3.55. The molecular formula is C19H21NO2. The lowest BCUT2D eigenvalue weighted by Gasteiger charge is -2.21. The quantitative estimate of drug-likeness (QED) is 0.785. The maximum atomic E-state index is 12.6. The summed E-state index contributed by atoms with van der Waals surface area (Å²) in [6.45, 7) is 6.76. The largest absolute Gasteiger partial charge is 0.335 e. The molecule has 0 aromatic heterocycles. The zero-order valence-corrected chi connectivity index (χ0v) is 13.3. The van der Waals surface area contributed by atoms with E-state index >= 15 is 0 Å². The second kappa shape index (κ2) is 7.03. The molecule has 0 aliphatic carbocycles. The van der Waals surface area contributed by atoms with Crippen molar-refractivity contribution in [1.29, 1.82) is 0 Å². The second-order valence-electron chi connectivity index (χ2n) is 5.44. The van der Waals surface area contributed by atoms with E-state index in [1.54, 1.807) is 29.2 Å². The van der Waals surface area contributed by atoms with Crippen LogP contribution in [0.5, 0.6) is 0 Å². The van der Waals surface area contributed by atoms with Crippen LogP contribution in [-0.4, -0.2) is 23.1 Å². The first-order valence-electron chi connectivity index (χ1n) is 7.47. The molecule has 3 nitrogen and oxygen atoms in total. The van der Waals surface area contributed by atoms with Gasteiger partial charge >= 0.3 is 0 Å². The van der Waals surface area contributed by atoms with Gasteiger partial charge in [0.15, 0.2) is 5.78 Å². The average molecular weight is 295 g/mol. The molecule has 0 atom stereocenters. The number of hydrogen-bond acceptors (Lipinski definition) is 2. The van der Waals surface area contributed by atoms with Crippen molar-refractivity contribution >= 4 is 11.7 Å². The SMILES string of the molecule is CCN(Cc1ccc(C)cc1)C(=O)c1ccc(C(C)=O)cc1. The van der Waals surface area contributed by atoms with Gasteiger partial charge in [0.05, 0.1) is 0 Å². The van der Waals surface area contributed by atoms with E-state index in [-0.39, 0.29) is 11.7 Å². The van der Waals surface area contributed by atoms with Crippen molar-refractivity contribution < 1.29 is 9.59 Å². The zero-order chi connectivity index (χ0) is 16.1. The standard InChI is InChI=1S/C19H21NO2/c1-4-20(13-16-7-5-14(2)6-8-16)19(22)18-11-9-17(10-12-18)15(3)21/h5-12H,4,13H2,1-3H3. The molecule has 0 saturated heterocycles. The lowest BCUT2D eigenvalue weighted by atomic mass is 10.1. The Labute approximate surface area is 131 Å². The summed E-state index contributed by atoms with van der Waals surface area (Å²) in [5.74, 6) is -0.0100. The number of ketones is 1. The lowest BCUT2D eigenvalue weighted by Crippen LogP contribution is -2.30. The third-order valence-corrected chi connectivity index (χ3v) is 3.70. The lowest BCUT2D eigenvalue weighted by molar-refractivity contribution is 0.0752. The van der Waals surface area contributed by atoms with Crippen molar-refractivity contribution in [3.8, 4) is 0 Å². The van der Waals surface area contributed by atoms with Gasteiger partial charge in [0.1, 0.15) is 0 Å². The van der Waals surface area contributed by atoms with Crippen LogP contribution < -0.4 is 0 Å². The number of hydrogen-bond donors (Lipinski definition) is 0. The van der Waals surface area contributed by atoms with Gasteiger partial charge in [-0.15, -0.1) is 0 Å². The molecule has 0 heterocycles. The highest BCUT2D eigenvalue weighted by molar-refractivity contribution is 5.97. The predicted molar refractivity (Wildman–Crippen MR) is 88.0 cm³/mol. The van der Waals surface area contributed by atoms with Crippen molar-refractivity contribution in [3.63, 3.8) is 0 Å². The summed E-state index contributed by atoms with van der Waals surface area (Å²) < 4.78 is 0. The topological polar surface area (TPSA) is 37.4 Å². The molecule has 0 aliphatic rings. The summed E-state index contributed by atoms with van der Waals surface area (Å²) in [6, 6.07) is 15.0. The molecule has 0 unspecified atom stereocenters. The maximum absolute atomic E-state index is 12.6. The molecule has 2 rings (SSSR count). The molecular weight excluding hydrogens is 274 g/mol. The molecule has 0 fully saturated rings. The van der Waals surface area contributed by atoms with E-state index in [0.29, 0.717) is 24.2 Å². The summed E-state index contributed by atoms with van der Waals surface area (Å²) in [7, 11) is 0. The predicted octanol–water partition coefficient (Wildman–Crippen LogP) is 3.86. The van der Waals surface area contributed by atoms with Crippen molar-refractivity contribution in [1.82, 2.24) is 4.90 Å². The Morgan fingerprint density at radius 3 is 1.95 bits per heavy atom. The highest BCUT2D eigenvalue weighted by Gasteiger charge is 2.14. The highest BCUT2D eigenvalue weighted by atomic mass is 16.2. The normalized spacial score (nSPS) is 10.3. The van der Waals surface area contributed by atoms with Crippen LogP contribution in [0.4, 0.5) is 0 Å². The third-order valence-electron chi connectivity index (χ3n) is 3.70. The van der Waals surface area contributed by atoms with Crippen LogP contribution in [0.2, 0.25) is 0 Å². The van der Waals surface area contributed by atoms with Gasteiger partial charge in [-0.2, -0.15) is 0 Å². The van der Waals surface area contributed by atoms with Gasteiger partial charge in [-0.1, -0.05) is 42.0 Å². The smallest absolute Gasteiger partial charge is 0.254 e. The first-order chi connectivity index (χ1) is 10.5. The fourth-order valence-corrected chi connectivity index (χ4v) is 2.27. The molecule has 0 aliphatic heterocycles. The van der Waals surface area contributed by atoms with Crippen LogP contribution in [0.25, 0.3) is 0 Å². The number of amides is 1. The minimum absolute atomic E-state index is 0.00556. The monoisotopic (exact) mass is 295 g/mol. The molecule has 1 amide bonds. The summed E-state index contributed by atoms with van der Waals surface area (Å²) in [6.07, 6.45) is 0. The molecule has 0 N–H and O–H groups in total. The molecule has 2 aromatic rings. The van der Waals surface area contributed by atoms with Crippen molar-refractivity contribution in [2.45, 2.75) is 27.3 Å². The van der Waals surface area contributed by atoms with E-state index in [9.17, 15) is 9.59 Å². The fraction of sp³-hybridized carbons (Fsp3) is 0.263. The molecule has 2 aromatic carbocycles. The van der Waals surface area contributed by atoms with Gasteiger partial charge in [-0.05, 0) is 38.5 Å². The second-order valence-corrected chi connectivity index (χ2v) is 5.44. The van der Waals surface area contributed by atoms with Gasteiger partial charge < -0.3 is 4.90 Å². The fourth-order valence-electron chi connectivity index (χ4n) is 2.27. The van der Waals surface area contributed by atoms with E-state index in [1.165, 1.54) is 12.5 Å². The van der Waals surface area contributed by atoms with E-state index in [2.05, 4.69) is 12.1 Å². The molecule has 22 heavy (non-hydrogen) atoms. The maximum Gasteiger partial charge on any atom is 0.254 e. The molecule has 0 saturated carbocycles. The van der Waals surface area contributed by atoms with Gasteiger partial charge in [0.2, 0.25) is 0 Å². The van der Waals surface area contributed by atoms with Gasteiger partial charge in [-0.3, -0.25) is 9.59 Å². The minimum Gasteiger partial charge on any atom is -0.335 e. The number of aryl methyl sites for hydroxylation is 1. The van der Waals surface area contributed by atoms with Crippen LogP contribution in [0.15, 0.2) is 48.5 Å². The molecule has 0 radical (unpaired) electrons. The Hall–Kier alpha value is -2.42. The van der Waals surface area contributed by atoms with Crippen LogP contribution in [0.1, 0.15) is 45.7 Å². The van der Waals surface area contributed by atoms with Crippen LogP contribution in [0.3, 0.4) is 0 Å². The van der Waals surface area contributed by atoms with Crippen molar-refractivity contribution in [2.24, 2.45) is 0 Å². The number of nitrogens with zero attached hydrogens (tertiary/aromatic N) is 1. The van der Waals surface area contributed by atoms with Crippen LogP contribution in [0, 0.1) is 6.92 Å². The van der Waals surface area contributed by atoms with Crippen LogP contribution >= 0.6 is 0 Å². The first kappa shape index (κ1) is 16.0. The first-order valence-corrected chi connectivity index (χ1v) is 7.47. The van der Waals surface area contributed by atoms with E-state index in [0.717, 1.165) is 5.56 Å². The van der Waals surface area contributed by atoms with Crippen molar-refractivity contribution in [3.05, 3.63) is 70.8 Å². The van der Waals surface area contributed by atoms with E-state index in [4.69, 9.17) is 0 Å². The summed E-state index contributed by atoms with van der Waals surface area (Å²) >= 11 is 0. The van der Waals surface area contributed by atoms with Crippen molar-refractivity contribution in [2.75, 3.05) is 6.54 Å². The Kier molecular flexibility index (Phi) is 5.10. The van der Waals surface area contributed by atoms with E-state index < -0.39 is 0 Å². The molecule has 0 spiro atoms. The Balaban J connectivity index is 2.14. The molecule has 3 heteroatoms. The number of carbonyl (C=O) groups is 2. The summed E-state index contributed by atoms with van der Waals surface area (Å²) in [4.78, 5) is 25.7. The Bertz CT molecular complexity index is 657. The average Bonchev–Trinajstić information content (AvgIpc) is 2.53. The summed E-state index contributed by atoms with van der Waals surface area (Å²) in [5, 5.41) is 0. The number of carbonyl (C=O) groups excluding carboxylic acids is 2. The van der Waals surface area contributed by atoms with Crippen LogP contribution in [-0.2, 0) is 6.54 Å². The Morgan fingerprint density at radius 1 is 0.909 bits per heavy atom. The Morgan fingerprint density at radius 2 is 1.45 bits per heavy atom. The van der Waals surface area contributed by atoms with Gasteiger partial charge in [0.25, 0.3) is 5.91 Å². The number of rotatable bonds is 5. The highest BCUT2D eigenvalue weighted by Crippen LogP contribution is 2.12. The minimum atomic E-state index is -0.0156. The third kappa shape index (κ3) is 3.82.